The number of anilines is 2. The molecule has 0 spiro atoms. The van der Waals surface area contributed by atoms with Gasteiger partial charge in [-0.2, -0.15) is 0 Å². The van der Waals surface area contributed by atoms with Crippen LogP contribution < -0.4 is 9.21 Å². The topological polar surface area (TPSA) is 83.0 Å². The number of sulfonamides is 1. The molecule has 0 aliphatic carbocycles. The van der Waals surface area contributed by atoms with Crippen molar-refractivity contribution in [2.75, 3.05) is 55.6 Å². The smallest absolute Gasteiger partial charge is 0.264 e. The van der Waals surface area contributed by atoms with Gasteiger partial charge in [-0.05, 0) is 79.9 Å². The molecule has 0 atom stereocenters. The van der Waals surface area contributed by atoms with E-state index >= 15 is 0 Å². The molecule has 4 aromatic rings. The Hall–Kier alpha value is -3.31. The van der Waals surface area contributed by atoms with Gasteiger partial charge in [0.15, 0.2) is 5.13 Å². The number of carbonyl (C=O) groups is 1. The summed E-state index contributed by atoms with van der Waals surface area (Å²) in [6, 6.07) is 19.3. The molecular formula is C30H34N4O4S2. The monoisotopic (exact) mass is 578 g/mol. The largest absolute Gasteiger partial charge is 0.379 e. The fourth-order valence-electron chi connectivity index (χ4n) is 4.70. The molecule has 8 nitrogen and oxygen atoms in total. The van der Waals surface area contributed by atoms with E-state index < -0.39 is 10.0 Å². The summed E-state index contributed by atoms with van der Waals surface area (Å²) >= 11 is 1.50. The lowest BCUT2D eigenvalue weighted by atomic mass is 10.1. The van der Waals surface area contributed by atoms with Gasteiger partial charge in [-0.15, -0.1) is 0 Å². The van der Waals surface area contributed by atoms with Crippen molar-refractivity contribution in [1.82, 2.24) is 9.88 Å². The second-order valence-electron chi connectivity index (χ2n) is 10.00. The van der Waals surface area contributed by atoms with Gasteiger partial charge in [0.25, 0.3) is 15.9 Å². The number of rotatable bonds is 9. The molecule has 0 saturated carbocycles. The van der Waals surface area contributed by atoms with Crippen LogP contribution in [0.25, 0.3) is 10.2 Å². The molecule has 3 aromatic carbocycles. The number of para-hydroxylation sites is 1. The number of hydrogen-bond donors (Lipinski definition) is 0. The summed E-state index contributed by atoms with van der Waals surface area (Å²) in [7, 11) is -2.25. The molecule has 1 aliphatic rings. The van der Waals surface area contributed by atoms with Crippen LogP contribution in [0.2, 0.25) is 0 Å². The van der Waals surface area contributed by atoms with Crippen molar-refractivity contribution in [2.24, 2.45) is 0 Å². The summed E-state index contributed by atoms with van der Waals surface area (Å²) in [4.78, 5) is 22.9. The molecular weight excluding hydrogens is 544 g/mol. The number of ether oxygens (including phenoxy) is 1. The van der Waals surface area contributed by atoms with E-state index in [0.29, 0.717) is 22.9 Å². The van der Waals surface area contributed by atoms with E-state index in [0.717, 1.165) is 55.0 Å². The molecule has 0 radical (unpaired) electrons. The standard InChI is InChI=1S/C30H34N4O4S2/c1-22-20-27-28(21-23(22)2)39-30(31-27)34(15-7-14-33-16-18-38-19-17-33)29(35)24-10-12-26(13-11-24)40(36,37)32(3)25-8-5-4-6-9-25/h4-6,8-13,20-21H,7,14-19H2,1-3H3. The van der Waals surface area contributed by atoms with Crippen LogP contribution in [0.5, 0.6) is 0 Å². The van der Waals surface area contributed by atoms with E-state index in [1.165, 1.54) is 40.4 Å². The molecule has 1 amide bonds. The van der Waals surface area contributed by atoms with E-state index in [1.54, 1.807) is 41.3 Å². The highest BCUT2D eigenvalue weighted by Gasteiger charge is 2.25. The minimum atomic E-state index is -3.78. The normalized spacial score (nSPS) is 14.4. The second kappa shape index (κ2) is 12.1. The number of nitrogens with zero attached hydrogens (tertiary/aromatic N) is 4. The number of thiazole rings is 1. The van der Waals surface area contributed by atoms with E-state index in [4.69, 9.17) is 9.72 Å². The number of hydrogen-bond acceptors (Lipinski definition) is 7. The average Bonchev–Trinajstić information content (AvgIpc) is 3.38. The summed E-state index contributed by atoms with van der Waals surface area (Å²) in [6.45, 7) is 8.74. The Labute approximate surface area is 239 Å². The number of aromatic nitrogens is 1. The van der Waals surface area contributed by atoms with Gasteiger partial charge in [-0.25, -0.2) is 13.4 Å². The van der Waals surface area contributed by atoms with Gasteiger partial charge >= 0.3 is 0 Å². The predicted octanol–water partition coefficient (Wildman–Crippen LogP) is 5.11. The van der Waals surface area contributed by atoms with Gasteiger partial charge in [-0.3, -0.25) is 18.9 Å². The maximum Gasteiger partial charge on any atom is 0.264 e. The second-order valence-corrected chi connectivity index (χ2v) is 13.0. The van der Waals surface area contributed by atoms with E-state index in [9.17, 15) is 13.2 Å². The van der Waals surface area contributed by atoms with E-state index in [1.807, 2.05) is 6.07 Å². The Morgan fingerprint density at radius 1 is 1.00 bits per heavy atom. The SMILES string of the molecule is Cc1cc2nc(N(CCCN3CCOCC3)C(=O)c3ccc(S(=O)(=O)N(C)c4ccccc4)cc3)sc2cc1C. The highest BCUT2D eigenvalue weighted by molar-refractivity contribution is 7.92. The van der Waals surface area contributed by atoms with Crippen LogP contribution in [0.1, 0.15) is 27.9 Å². The van der Waals surface area contributed by atoms with Gasteiger partial charge in [0.2, 0.25) is 0 Å². The summed E-state index contributed by atoms with van der Waals surface area (Å²) < 4.78 is 34.2. The highest BCUT2D eigenvalue weighted by atomic mass is 32.2. The Morgan fingerprint density at radius 3 is 2.38 bits per heavy atom. The van der Waals surface area contributed by atoms with Gasteiger partial charge in [0.05, 0.1) is 34.0 Å². The maximum atomic E-state index is 13.9. The molecule has 1 saturated heterocycles. The number of morpholine rings is 1. The van der Waals surface area contributed by atoms with Crippen LogP contribution >= 0.6 is 11.3 Å². The summed E-state index contributed by atoms with van der Waals surface area (Å²) in [5, 5.41) is 0.646. The van der Waals surface area contributed by atoms with E-state index in [-0.39, 0.29) is 10.8 Å². The first-order chi connectivity index (χ1) is 19.2. The number of amides is 1. The van der Waals surface area contributed by atoms with Gasteiger partial charge in [0, 0.05) is 38.8 Å². The average molecular weight is 579 g/mol. The van der Waals surface area contributed by atoms with E-state index in [2.05, 4.69) is 30.9 Å². The van der Waals surface area contributed by atoms with Crippen LogP contribution in [0.3, 0.4) is 0 Å². The fraction of sp³-hybridized carbons (Fsp3) is 0.333. The number of aryl methyl sites for hydroxylation is 2. The van der Waals surface area contributed by atoms with Crippen molar-refractivity contribution in [3.63, 3.8) is 0 Å². The Kier molecular flexibility index (Phi) is 8.51. The van der Waals surface area contributed by atoms with Crippen molar-refractivity contribution in [2.45, 2.75) is 25.2 Å². The van der Waals surface area contributed by atoms with Crippen molar-refractivity contribution in [1.29, 1.82) is 0 Å². The number of benzene rings is 3. The zero-order valence-corrected chi connectivity index (χ0v) is 24.7. The lowest BCUT2D eigenvalue weighted by Gasteiger charge is -2.27. The maximum absolute atomic E-state index is 13.9. The Morgan fingerprint density at radius 2 is 1.68 bits per heavy atom. The summed E-state index contributed by atoms with van der Waals surface area (Å²) in [5.41, 5.74) is 4.20. The van der Waals surface area contributed by atoms with Crippen molar-refractivity contribution in [3.8, 4) is 0 Å². The first-order valence-electron chi connectivity index (χ1n) is 13.4. The van der Waals surface area contributed by atoms with Crippen molar-refractivity contribution in [3.05, 3.63) is 83.4 Å². The Bertz CT molecular complexity index is 1540. The molecule has 1 fully saturated rings. The number of fused-ring (bicyclic) bond motifs is 1. The molecule has 10 heteroatoms. The van der Waals surface area contributed by atoms with Crippen LogP contribution in [0, 0.1) is 13.8 Å². The fourth-order valence-corrected chi connectivity index (χ4v) is 6.97. The molecule has 0 unspecified atom stereocenters. The third-order valence-electron chi connectivity index (χ3n) is 7.31. The molecule has 2 heterocycles. The van der Waals surface area contributed by atoms with Crippen LogP contribution in [-0.4, -0.2) is 70.6 Å². The molecule has 1 aromatic heterocycles. The van der Waals surface area contributed by atoms with Crippen LogP contribution in [0.4, 0.5) is 10.8 Å². The van der Waals surface area contributed by atoms with Gasteiger partial charge in [-0.1, -0.05) is 29.5 Å². The lowest BCUT2D eigenvalue weighted by Crippen LogP contribution is -2.39. The molecule has 5 rings (SSSR count). The van der Waals surface area contributed by atoms with Crippen molar-refractivity contribution < 1.29 is 17.9 Å². The third-order valence-corrected chi connectivity index (χ3v) is 10.1. The zero-order chi connectivity index (χ0) is 28.3. The molecule has 210 valence electrons. The van der Waals surface area contributed by atoms with Crippen molar-refractivity contribution >= 4 is 48.3 Å². The van der Waals surface area contributed by atoms with Crippen LogP contribution in [0.15, 0.2) is 71.6 Å². The van der Waals surface area contributed by atoms with Gasteiger partial charge in [0.1, 0.15) is 0 Å². The minimum absolute atomic E-state index is 0.125. The number of carbonyl (C=O) groups excluding carboxylic acids is 1. The zero-order valence-electron chi connectivity index (χ0n) is 23.0. The molecule has 40 heavy (non-hydrogen) atoms. The first kappa shape index (κ1) is 28.2. The highest BCUT2D eigenvalue weighted by Crippen LogP contribution is 2.32. The minimum Gasteiger partial charge on any atom is -0.379 e. The third kappa shape index (κ3) is 6.05. The van der Waals surface area contributed by atoms with Gasteiger partial charge < -0.3 is 4.74 Å². The lowest BCUT2D eigenvalue weighted by molar-refractivity contribution is 0.0376. The molecule has 0 bridgehead atoms. The first-order valence-corrected chi connectivity index (χ1v) is 15.6. The molecule has 0 N–H and O–H groups in total. The predicted molar refractivity (Wildman–Crippen MR) is 161 cm³/mol. The van der Waals surface area contributed by atoms with Crippen LogP contribution in [-0.2, 0) is 14.8 Å². The quantitative estimate of drug-likeness (QED) is 0.275. The summed E-state index contributed by atoms with van der Waals surface area (Å²) in [5.74, 6) is -0.199. The molecule has 1 aliphatic heterocycles. The Balaban J connectivity index is 1.40. The summed E-state index contributed by atoms with van der Waals surface area (Å²) in [6.07, 6.45) is 0.786.